The summed E-state index contributed by atoms with van der Waals surface area (Å²) in [5, 5.41) is 27.9. The van der Waals surface area contributed by atoms with Crippen LogP contribution in [0.15, 0.2) is 30.9 Å². The number of aliphatic hydroxyl groups is 2. The summed E-state index contributed by atoms with van der Waals surface area (Å²) in [7, 11) is 3.30. The fourth-order valence-corrected chi connectivity index (χ4v) is 5.70. The maximum atomic E-state index is 12.4. The van der Waals surface area contributed by atoms with Gasteiger partial charge in [0.15, 0.2) is 17.0 Å². The van der Waals surface area contributed by atoms with Crippen molar-refractivity contribution in [1.29, 1.82) is 0 Å². The molecular formula is C22H21N7O3. The van der Waals surface area contributed by atoms with Gasteiger partial charge in [-0.2, -0.15) is 0 Å². The van der Waals surface area contributed by atoms with Crippen LogP contribution in [0.1, 0.15) is 23.9 Å². The Labute approximate surface area is 183 Å². The van der Waals surface area contributed by atoms with E-state index in [4.69, 9.17) is 0 Å². The minimum atomic E-state index is -1.38. The van der Waals surface area contributed by atoms with Crippen LogP contribution in [0.2, 0.25) is 0 Å². The number of carbonyl (C=O) groups excluding carboxylic acids is 1. The van der Waals surface area contributed by atoms with Crippen LogP contribution in [-0.2, 0) is 4.79 Å². The lowest BCUT2D eigenvalue weighted by Gasteiger charge is -2.25. The predicted molar refractivity (Wildman–Crippen MR) is 113 cm³/mol. The summed E-state index contributed by atoms with van der Waals surface area (Å²) >= 11 is 0. The number of aromatic nitrogens is 5. The molecule has 0 aromatic carbocycles. The standard InChI is InChI=1S/C22H21N7O3/c1-23-17-15-18(28-13(27-17)4-3-11-5-7-25-8-6-11)29(10-26-15)16-14-12-9-21(12,20(31)24-2)19(30)22(14,16)32/h5-8,10,12,14,16,19,30,32H,9H2,1-2H3,(H,24,31)(H,23,27,28)/t12?,14-,16?,19+,21?,22+/m0/s1. The van der Waals surface area contributed by atoms with Gasteiger partial charge in [0.05, 0.1) is 23.9 Å². The maximum absolute atomic E-state index is 12.4. The van der Waals surface area contributed by atoms with E-state index in [0.29, 0.717) is 29.2 Å². The smallest absolute Gasteiger partial charge is 0.229 e. The fraction of sp³-hybridized carbons (Fsp3) is 0.409. The quantitative estimate of drug-likeness (QED) is 0.415. The highest BCUT2D eigenvalue weighted by atomic mass is 16.4. The Hall–Kier alpha value is -3.55. The van der Waals surface area contributed by atoms with Crippen LogP contribution in [0.4, 0.5) is 5.82 Å². The molecule has 3 aliphatic carbocycles. The molecule has 3 fully saturated rings. The van der Waals surface area contributed by atoms with E-state index in [0.717, 1.165) is 5.56 Å². The number of hydrogen-bond acceptors (Lipinski definition) is 8. The van der Waals surface area contributed by atoms with Gasteiger partial charge in [-0.05, 0) is 30.4 Å². The zero-order valence-corrected chi connectivity index (χ0v) is 17.4. The third kappa shape index (κ3) is 2.24. The predicted octanol–water partition coefficient (Wildman–Crippen LogP) is -0.308. The Kier molecular flexibility index (Phi) is 3.74. The van der Waals surface area contributed by atoms with Gasteiger partial charge in [-0.3, -0.25) is 9.78 Å². The molecule has 10 heteroatoms. The first-order valence-electron chi connectivity index (χ1n) is 10.4. The summed E-state index contributed by atoms with van der Waals surface area (Å²) in [5.41, 5.74) is -0.394. The van der Waals surface area contributed by atoms with Gasteiger partial charge in [0.1, 0.15) is 5.60 Å². The number of hydrogen-bond donors (Lipinski definition) is 4. The zero-order valence-electron chi connectivity index (χ0n) is 17.4. The Morgan fingerprint density at radius 3 is 2.69 bits per heavy atom. The van der Waals surface area contributed by atoms with E-state index in [1.54, 1.807) is 49.5 Å². The Morgan fingerprint density at radius 2 is 2.03 bits per heavy atom. The number of anilines is 1. The number of rotatable bonds is 3. The van der Waals surface area contributed by atoms with E-state index < -0.39 is 23.2 Å². The summed E-state index contributed by atoms with van der Waals surface area (Å²) in [6, 6.07) is 3.19. The first-order chi connectivity index (χ1) is 15.5. The van der Waals surface area contributed by atoms with Crippen LogP contribution in [0.3, 0.4) is 0 Å². The van der Waals surface area contributed by atoms with E-state index >= 15 is 0 Å². The first kappa shape index (κ1) is 19.2. The molecule has 3 unspecified atom stereocenters. The first-order valence-corrected chi connectivity index (χ1v) is 10.4. The van der Waals surface area contributed by atoms with E-state index in [-0.39, 0.29) is 17.7 Å². The molecule has 0 saturated heterocycles. The molecule has 0 spiro atoms. The van der Waals surface area contributed by atoms with Crippen LogP contribution < -0.4 is 10.6 Å². The van der Waals surface area contributed by atoms with Crippen molar-refractivity contribution in [2.24, 2.45) is 17.3 Å². The maximum Gasteiger partial charge on any atom is 0.229 e. The number of nitrogens with zero attached hydrogens (tertiary/aromatic N) is 5. The van der Waals surface area contributed by atoms with Crippen molar-refractivity contribution < 1.29 is 15.0 Å². The van der Waals surface area contributed by atoms with Crippen molar-refractivity contribution in [3.63, 3.8) is 0 Å². The van der Waals surface area contributed by atoms with Crippen molar-refractivity contribution in [2.45, 2.75) is 24.2 Å². The molecular weight excluding hydrogens is 410 g/mol. The third-order valence-corrected chi connectivity index (χ3v) is 7.26. The van der Waals surface area contributed by atoms with Crippen molar-refractivity contribution in [3.8, 4) is 11.8 Å². The molecule has 3 aromatic rings. The van der Waals surface area contributed by atoms with Gasteiger partial charge >= 0.3 is 0 Å². The summed E-state index contributed by atoms with van der Waals surface area (Å²) in [6.45, 7) is 0. The number of fused-ring (bicyclic) bond motifs is 4. The average Bonchev–Trinajstić information content (AvgIpc) is 3.63. The van der Waals surface area contributed by atoms with Crippen LogP contribution >= 0.6 is 0 Å². The fourth-order valence-electron chi connectivity index (χ4n) is 5.70. The number of amides is 1. The molecule has 162 valence electrons. The lowest BCUT2D eigenvalue weighted by atomic mass is 9.93. The van der Waals surface area contributed by atoms with E-state index in [1.807, 2.05) is 0 Å². The molecule has 3 saturated carbocycles. The van der Waals surface area contributed by atoms with Crippen LogP contribution in [0.5, 0.6) is 0 Å². The van der Waals surface area contributed by atoms with Crippen LogP contribution in [0.25, 0.3) is 11.2 Å². The lowest BCUT2D eigenvalue weighted by molar-refractivity contribution is -0.134. The largest absolute Gasteiger partial charge is 0.389 e. The average molecular weight is 431 g/mol. The van der Waals surface area contributed by atoms with Gasteiger partial charge in [-0.1, -0.05) is 5.92 Å². The van der Waals surface area contributed by atoms with E-state index in [9.17, 15) is 15.0 Å². The molecule has 4 N–H and O–H groups in total. The number of nitrogens with one attached hydrogen (secondary N) is 2. The van der Waals surface area contributed by atoms with E-state index in [2.05, 4.69) is 42.4 Å². The molecule has 10 nitrogen and oxygen atoms in total. The highest BCUT2D eigenvalue weighted by Crippen LogP contribution is 2.82. The van der Waals surface area contributed by atoms with Gasteiger partial charge in [-0.15, -0.1) is 0 Å². The molecule has 0 bridgehead atoms. The SMILES string of the molecule is CNC(=O)C12CC1[C@H]1C(n3cnc4c(NC)nc(C#Cc5ccncc5)nc43)[C@@]1(O)[C@@H]2O. The number of carbonyl (C=O) groups is 1. The minimum Gasteiger partial charge on any atom is -0.389 e. The van der Waals surface area contributed by atoms with Crippen molar-refractivity contribution in [2.75, 3.05) is 19.4 Å². The molecule has 3 aromatic heterocycles. The van der Waals surface area contributed by atoms with Crippen LogP contribution in [0, 0.1) is 29.1 Å². The highest BCUT2D eigenvalue weighted by Gasteiger charge is 2.91. The minimum absolute atomic E-state index is 0.0681. The van der Waals surface area contributed by atoms with Crippen molar-refractivity contribution >= 4 is 22.9 Å². The Balaban J connectivity index is 1.39. The molecule has 3 aliphatic rings. The second kappa shape index (κ2) is 6.25. The summed E-state index contributed by atoms with van der Waals surface area (Å²) in [4.78, 5) is 29.8. The Morgan fingerprint density at radius 1 is 1.25 bits per heavy atom. The van der Waals surface area contributed by atoms with Gasteiger partial charge in [-0.25, -0.2) is 15.0 Å². The summed E-state index contributed by atoms with van der Waals surface area (Å²) in [5.74, 6) is 6.32. The summed E-state index contributed by atoms with van der Waals surface area (Å²) < 4.78 is 1.79. The van der Waals surface area contributed by atoms with Crippen molar-refractivity contribution in [1.82, 2.24) is 29.8 Å². The summed E-state index contributed by atoms with van der Waals surface area (Å²) in [6.07, 6.45) is 4.37. The normalized spacial score (nSPS) is 33.6. The topological polar surface area (TPSA) is 138 Å². The number of pyridine rings is 1. The number of imidazole rings is 1. The molecule has 32 heavy (non-hydrogen) atoms. The molecule has 6 rings (SSSR count). The molecule has 1 amide bonds. The second-order valence-electron chi connectivity index (χ2n) is 8.65. The molecule has 3 heterocycles. The number of aliphatic hydroxyl groups excluding tert-OH is 1. The highest BCUT2D eigenvalue weighted by molar-refractivity contribution is 5.89. The Bertz CT molecular complexity index is 1330. The van der Waals surface area contributed by atoms with Gasteiger partial charge < -0.3 is 25.4 Å². The molecule has 6 atom stereocenters. The van der Waals surface area contributed by atoms with Gasteiger partial charge in [0, 0.05) is 38.0 Å². The van der Waals surface area contributed by atoms with E-state index in [1.165, 1.54) is 0 Å². The van der Waals surface area contributed by atoms with Crippen LogP contribution in [-0.4, -0.2) is 66.4 Å². The lowest BCUT2D eigenvalue weighted by Crippen LogP contribution is -2.45. The third-order valence-electron chi connectivity index (χ3n) is 7.26. The zero-order chi connectivity index (χ0) is 22.3. The van der Waals surface area contributed by atoms with Gasteiger partial charge in [0.25, 0.3) is 0 Å². The van der Waals surface area contributed by atoms with Crippen molar-refractivity contribution in [3.05, 3.63) is 42.2 Å². The molecule has 0 aliphatic heterocycles. The second-order valence-corrected chi connectivity index (χ2v) is 8.65. The monoisotopic (exact) mass is 431 g/mol. The molecule has 0 radical (unpaired) electrons. The van der Waals surface area contributed by atoms with Gasteiger partial charge in [0.2, 0.25) is 11.7 Å².